The van der Waals surface area contributed by atoms with Crippen LogP contribution in [0.5, 0.6) is 5.75 Å². The fraction of sp³-hybridized carbons (Fsp3) is 0.381. The first-order chi connectivity index (χ1) is 12.7. The number of benzene rings is 1. The second-order valence-corrected chi connectivity index (χ2v) is 8.38. The van der Waals surface area contributed by atoms with Crippen molar-refractivity contribution in [3.63, 3.8) is 0 Å². The molecule has 1 N–H and O–H groups in total. The molecule has 0 atom stereocenters. The topological polar surface area (TPSA) is 72.5 Å². The molecule has 1 aromatic carbocycles. The zero-order valence-corrected chi connectivity index (χ0v) is 16.9. The van der Waals surface area contributed by atoms with Crippen molar-refractivity contribution < 1.29 is 19.1 Å². The summed E-state index contributed by atoms with van der Waals surface area (Å²) in [5.41, 5.74) is 0.192. The number of hydrogen-bond donors (Lipinski definition) is 1. The standard InChI is InChI=1S/C21H25NO4S/c1-5-17(23)14-6-8-15(9-7-14)26-13-18(24)19-11-10-16(27-19)12-22-20(25)21(2,3)4/h6-11H,5,12-13H2,1-4H3,(H,22,25). The summed E-state index contributed by atoms with van der Waals surface area (Å²) in [6.45, 7) is 7.71. The molecule has 0 spiro atoms. The first kappa shape index (κ1) is 20.8. The van der Waals surface area contributed by atoms with Crippen LogP contribution in [-0.2, 0) is 11.3 Å². The molecule has 1 aromatic heterocycles. The minimum atomic E-state index is -0.443. The average molecular weight is 388 g/mol. The molecule has 0 radical (unpaired) electrons. The van der Waals surface area contributed by atoms with Gasteiger partial charge in [0.2, 0.25) is 11.7 Å². The van der Waals surface area contributed by atoms with Gasteiger partial charge in [-0.15, -0.1) is 11.3 Å². The molecule has 0 aliphatic rings. The van der Waals surface area contributed by atoms with E-state index in [0.717, 1.165) is 4.88 Å². The van der Waals surface area contributed by atoms with Crippen LogP contribution in [0.4, 0.5) is 0 Å². The molecule has 0 saturated carbocycles. The van der Waals surface area contributed by atoms with E-state index in [9.17, 15) is 14.4 Å². The van der Waals surface area contributed by atoms with Crippen LogP contribution < -0.4 is 10.1 Å². The fourth-order valence-corrected chi connectivity index (χ4v) is 3.09. The Morgan fingerprint density at radius 3 is 2.26 bits per heavy atom. The maximum Gasteiger partial charge on any atom is 0.225 e. The summed E-state index contributed by atoms with van der Waals surface area (Å²) in [4.78, 5) is 37.3. The number of thiophene rings is 1. The normalized spacial score (nSPS) is 11.1. The van der Waals surface area contributed by atoms with Crippen LogP contribution >= 0.6 is 11.3 Å². The van der Waals surface area contributed by atoms with Gasteiger partial charge in [0.25, 0.3) is 0 Å². The fourth-order valence-electron chi connectivity index (χ4n) is 2.22. The third-order valence-corrected chi connectivity index (χ3v) is 5.03. The number of amides is 1. The lowest BCUT2D eigenvalue weighted by Gasteiger charge is -2.17. The second-order valence-electron chi connectivity index (χ2n) is 7.21. The van der Waals surface area contributed by atoms with Crippen molar-refractivity contribution in [1.82, 2.24) is 5.32 Å². The monoisotopic (exact) mass is 387 g/mol. The summed E-state index contributed by atoms with van der Waals surface area (Å²) >= 11 is 1.35. The number of ketones is 2. The van der Waals surface area contributed by atoms with Gasteiger partial charge in [0.05, 0.1) is 11.4 Å². The summed E-state index contributed by atoms with van der Waals surface area (Å²) in [7, 11) is 0. The molecule has 2 aromatic rings. The van der Waals surface area contributed by atoms with Crippen LogP contribution in [0.15, 0.2) is 36.4 Å². The molecule has 6 heteroatoms. The molecule has 0 aliphatic heterocycles. The molecule has 5 nitrogen and oxygen atoms in total. The van der Waals surface area contributed by atoms with E-state index in [1.54, 1.807) is 30.3 Å². The number of ether oxygens (including phenoxy) is 1. The van der Waals surface area contributed by atoms with Crippen molar-refractivity contribution in [2.45, 2.75) is 40.7 Å². The number of nitrogens with one attached hydrogen (secondary N) is 1. The van der Waals surface area contributed by atoms with Crippen LogP contribution in [0, 0.1) is 5.41 Å². The Labute approximate surface area is 163 Å². The van der Waals surface area contributed by atoms with E-state index in [4.69, 9.17) is 4.74 Å². The number of Topliss-reactive ketones (excluding diaryl/α,β-unsaturated/α-hetero) is 2. The molecule has 2 rings (SSSR count). The zero-order chi connectivity index (χ0) is 20.0. The minimum absolute atomic E-state index is 0.0305. The molecule has 0 aliphatic carbocycles. The largest absolute Gasteiger partial charge is 0.485 e. The van der Waals surface area contributed by atoms with E-state index >= 15 is 0 Å². The molecule has 1 heterocycles. The third kappa shape index (κ3) is 6.03. The highest BCUT2D eigenvalue weighted by atomic mass is 32.1. The first-order valence-corrected chi connectivity index (χ1v) is 9.68. The molecular weight excluding hydrogens is 362 g/mol. The van der Waals surface area contributed by atoms with E-state index in [0.29, 0.717) is 29.2 Å². The molecule has 144 valence electrons. The van der Waals surface area contributed by atoms with Gasteiger partial charge >= 0.3 is 0 Å². The van der Waals surface area contributed by atoms with E-state index in [1.807, 2.05) is 33.8 Å². The van der Waals surface area contributed by atoms with Gasteiger partial charge in [0.15, 0.2) is 12.4 Å². The predicted octanol–water partition coefficient (Wildman–Crippen LogP) is 4.26. The maximum absolute atomic E-state index is 12.3. The van der Waals surface area contributed by atoms with Crippen LogP contribution in [0.2, 0.25) is 0 Å². The Hall–Kier alpha value is -2.47. The lowest BCUT2D eigenvalue weighted by Crippen LogP contribution is -2.34. The summed E-state index contributed by atoms with van der Waals surface area (Å²) < 4.78 is 5.52. The smallest absolute Gasteiger partial charge is 0.225 e. The van der Waals surface area contributed by atoms with E-state index in [2.05, 4.69) is 5.32 Å². The van der Waals surface area contributed by atoms with E-state index in [-0.39, 0.29) is 24.1 Å². The van der Waals surface area contributed by atoms with Gasteiger partial charge < -0.3 is 10.1 Å². The van der Waals surface area contributed by atoms with Gasteiger partial charge in [-0.05, 0) is 36.4 Å². The van der Waals surface area contributed by atoms with Crippen molar-refractivity contribution in [1.29, 1.82) is 0 Å². The average Bonchev–Trinajstić information content (AvgIpc) is 3.12. The van der Waals surface area contributed by atoms with Crippen molar-refractivity contribution >= 4 is 28.8 Å². The number of carbonyl (C=O) groups excluding carboxylic acids is 3. The van der Waals surface area contributed by atoms with Crippen LogP contribution in [0.25, 0.3) is 0 Å². The van der Waals surface area contributed by atoms with Gasteiger partial charge in [-0.1, -0.05) is 27.7 Å². The molecule has 1 amide bonds. The number of hydrogen-bond acceptors (Lipinski definition) is 5. The molecule has 0 saturated heterocycles. The van der Waals surface area contributed by atoms with Crippen LogP contribution in [0.3, 0.4) is 0 Å². The maximum atomic E-state index is 12.3. The highest BCUT2D eigenvalue weighted by molar-refractivity contribution is 7.14. The lowest BCUT2D eigenvalue weighted by atomic mass is 9.96. The van der Waals surface area contributed by atoms with Gasteiger partial charge in [0, 0.05) is 22.3 Å². The Balaban J connectivity index is 1.87. The van der Waals surface area contributed by atoms with Crippen molar-refractivity contribution in [2.24, 2.45) is 5.41 Å². The summed E-state index contributed by atoms with van der Waals surface area (Å²) in [5.74, 6) is 0.465. The van der Waals surface area contributed by atoms with Gasteiger partial charge in [-0.25, -0.2) is 0 Å². The van der Waals surface area contributed by atoms with E-state index in [1.165, 1.54) is 11.3 Å². The predicted molar refractivity (Wildman–Crippen MR) is 107 cm³/mol. The number of rotatable bonds is 8. The van der Waals surface area contributed by atoms with Crippen molar-refractivity contribution in [3.05, 3.63) is 51.7 Å². The molecule has 0 bridgehead atoms. The highest BCUT2D eigenvalue weighted by Crippen LogP contribution is 2.20. The zero-order valence-electron chi connectivity index (χ0n) is 16.1. The van der Waals surface area contributed by atoms with Crippen LogP contribution in [-0.4, -0.2) is 24.1 Å². The Morgan fingerprint density at radius 2 is 1.67 bits per heavy atom. The molecule has 0 unspecified atom stereocenters. The van der Waals surface area contributed by atoms with Gasteiger partial charge in [0.1, 0.15) is 5.75 Å². The van der Waals surface area contributed by atoms with Crippen molar-refractivity contribution in [3.8, 4) is 5.75 Å². The second kappa shape index (κ2) is 8.95. The first-order valence-electron chi connectivity index (χ1n) is 8.87. The number of carbonyl (C=O) groups is 3. The lowest BCUT2D eigenvalue weighted by molar-refractivity contribution is -0.128. The molecule has 27 heavy (non-hydrogen) atoms. The quantitative estimate of drug-likeness (QED) is 0.687. The van der Waals surface area contributed by atoms with Crippen LogP contribution in [0.1, 0.15) is 59.0 Å². The minimum Gasteiger partial charge on any atom is -0.485 e. The Kier molecular flexibility index (Phi) is 6.91. The van der Waals surface area contributed by atoms with E-state index < -0.39 is 5.41 Å². The Morgan fingerprint density at radius 1 is 1.00 bits per heavy atom. The SMILES string of the molecule is CCC(=O)c1ccc(OCC(=O)c2ccc(CNC(=O)C(C)(C)C)s2)cc1. The highest BCUT2D eigenvalue weighted by Gasteiger charge is 2.21. The van der Waals surface area contributed by atoms with Gasteiger partial charge in [-0.2, -0.15) is 0 Å². The summed E-state index contributed by atoms with van der Waals surface area (Å²) in [6.07, 6.45) is 0.454. The summed E-state index contributed by atoms with van der Waals surface area (Å²) in [5, 5.41) is 2.87. The van der Waals surface area contributed by atoms with Gasteiger partial charge in [-0.3, -0.25) is 14.4 Å². The summed E-state index contributed by atoms with van der Waals surface area (Å²) in [6, 6.07) is 10.4. The molecule has 0 fully saturated rings. The third-order valence-electron chi connectivity index (χ3n) is 3.91. The molecular formula is C21H25NO4S. The Bertz CT molecular complexity index is 815. The van der Waals surface area contributed by atoms with Crippen molar-refractivity contribution in [2.75, 3.05) is 6.61 Å².